The minimum Gasteiger partial charge on any atom is -0.454 e. The largest absolute Gasteiger partial charge is 0.454 e. The Kier molecular flexibility index (Phi) is 4.18. The van der Waals surface area contributed by atoms with Crippen molar-refractivity contribution in [2.75, 3.05) is 12.1 Å². The first-order valence-corrected chi connectivity index (χ1v) is 7.12. The molecular weight excluding hydrogens is 336 g/mol. The quantitative estimate of drug-likeness (QED) is 0.679. The number of Topliss-reactive ketones (excluding diaryl/α,β-unsaturated/α-hetero) is 2. The fourth-order valence-corrected chi connectivity index (χ4v) is 2.28. The van der Waals surface area contributed by atoms with Gasteiger partial charge in [-0.1, -0.05) is 0 Å². The Hall–Kier alpha value is -3.29. The van der Waals surface area contributed by atoms with Gasteiger partial charge in [-0.15, -0.1) is 0 Å². The van der Waals surface area contributed by atoms with E-state index in [9.17, 15) is 23.2 Å². The molecule has 0 aliphatic carbocycles. The molecule has 0 spiro atoms. The van der Waals surface area contributed by atoms with Gasteiger partial charge in [0.15, 0.2) is 28.9 Å². The van der Waals surface area contributed by atoms with Crippen LogP contribution in [0.25, 0.3) is 0 Å². The van der Waals surface area contributed by atoms with Crippen LogP contribution < -0.4 is 14.8 Å². The van der Waals surface area contributed by atoms with Crippen molar-refractivity contribution in [2.24, 2.45) is 0 Å². The predicted octanol–water partition coefficient (Wildman–Crippen LogP) is 2.72. The highest BCUT2D eigenvalue weighted by Gasteiger charge is 2.23. The van der Waals surface area contributed by atoms with Crippen LogP contribution in [0.4, 0.5) is 14.5 Å². The van der Waals surface area contributed by atoms with Crippen LogP contribution in [0.5, 0.6) is 11.5 Å². The van der Waals surface area contributed by atoms with Crippen LogP contribution in [0.1, 0.15) is 27.6 Å². The van der Waals surface area contributed by atoms with Crippen molar-refractivity contribution in [3.8, 4) is 11.5 Å². The molecule has 0 saturated carbocycles. The van der Waals surface area contributed by atoms with Crippen molar-refractivity contribution < 1.29 is 32.6 Å². The molecule has 0 bridgehead atoms. The molecule has 1 amide bonds. The second kappa shape index (κ2) is 6.31. The highest BCUT2D eigenvalue weighted by atomic mass is 19.2. The summed E-state index contributed by atoms with van der Waals surface area (Å²) < 4.78 is 36.5. The van der Waals surface area contributed by atoms with Crippen LogP contribution in [0.2, 0.25) is 0 Å². The zero-order valence-electron chi connectivity index (χ0n) is 12.9. The van der Waals surface area contributed by atoms with Crippen molar-refractivity contribution in [2.45, 2.75) is 6.92 Å². The van der Waals surface area contributed by atoms with Gasteiger partial charge in [-0.3, -0.25) is 14.4 Å². The van der Waals surface area contributed by atoms with E-state index >= 15 is 0 Å². The van der Waals surface area contributed by atoms with E-state index in [4.69, 9.17) is 9.47 Å². The van der Waals surface area contributed by atoms with Crippen LogP contribution in [0.3, 0.4) is 0 Å². The number of rotatable bonds is 4. The molecule has 8 heteroatoms. The molecule has 0 unspecified atom stereocenters. The summed E-state index contributed by atoms with van der Waals surface area (Å²) in [5.41, 5.74) is -0.144. The lowest BCUT2D eigenvalue weighted by Crippen LogP contribution is -2.24. The first kappa shape index (κ1) is 16.6. The summed E-state index contributed by atoms with van der Waals surface area (Å²) in [6.45, 7) is 1.25. The number of anilines is 1. The van der Waals surface area contributed by atoms with Crippen LogP contribution in [0, 0.1) is 11.6 Å². The average Bonchev–Trinajstić information content (AvgIpc) is 3.03. The topological polar surface area (TPSA) is 81.7 Å². The van der Waals surface area contributed by atoms with Crippen molar-refractivity contribution in [3.63, 3.8) is 0 Å². The van der Waals surface area contributed by atoms with Gasteiger partial charge in [0, 0.05) is 17.2 Å². The maximum absolute atomic E-state index is 13.2. The summed E-state index contributed by atoms with van der Waals surface area (Å²) in [5, 5.41) is 2.29. The Bertz CT molecular complexity index is 910. The summed E-state index contributed by atoms with van der Waals surface area (Å²) >= 11 is 0. The number of carbonyl (C=O) groups excluding carboxylic acids is 3. The van der Waals surface area contributed by atoms with Crippen LogP contribution >= 0.6 is 0 Å². The van der Waals surface area contributed by atoms with E-state index in [-0.39, 0.29) is 29.4 Å². The number of ether oxygens (including phenoxy) is 2. The molecule has 0 radical (unpaired) electrons. The number of carbonyl (C=O) groups is 3. The Balaban J connectivity index is 1.88. The van der Waals surface area contributed by atoms with E-state index in [0.29, 0.717) is 17.6 Å². The molecule has 1 aliphatic rings. The molecule has 1 heterocycles. The third-order valence-corrected chi connectivity index (χ3v) is 3.53. The molecule has 1 aliphatic heterocycles. The summed E-state index contributed by atoms with van der Waals surface area (Å²) in [7, 11) is 0. The monoisotopic (exact) mass is 347 g/mol. The number of halogens is 2. The van der Waals surface area contributed by atoms with Gasteiger partial charge in [-0.2, -0.15) is 0 Å². The van der Waals surface area contributed by atoms with E-state index in [1.807, 2.05) is 0 Å². The predicted molar refractivity (Wildman–Crippen MR) is 81.9 cm³/mol. The average molecular weight is 347 g/mol. The number of fused-ring (bicyclic) bond motifs is 1. The van der Waals surface area contributed by atoms with Crippen LogP contribution in [0.15, 0.2) is 30.3 Å². The van der Waals surface area contributed by atoms with Crippen LogP contribution in [-0.4, -0.2) is 24.3 Å². The highest BCUT2D eigenvalue weighted by Crippen LogP contribution is 2.37. The summed E-state index contributed by atoms with van der Waals surface area (Å²) in [5.74, 6) is -4.28. The van der Waals surface area contributed by atoms with Crippen molar-refractivity contribution in [1.82, 2.24) is 0 Å². The normalized spacial score (nSPS) is 12.0. The molecule has 0 fully saturated rings. The highest BCUT2D eigenvalue weighted by molar-refractivity contribution is 6.46. The van der Waals surface area contributed by atoms with Crippen LogP contribution in [-0.2, 0) is 4.79 Å². The van der Waals surface area contributed by atoms with E-state index < -0.39 is 23.3 Å². The van der Waals surface area contributed by atoms with Crippen molar-refractivity contribution in [3.05, 3.63) is 53.1 Å². The van der Waals surface area contributed by atoms with Gasteiger partial charge in [0.1, 0.15) is 0 Å². The smallest absolute Gasteiger partial charge is 0.296 e. The number of hydrogen-bond acceptors (Lipinski definition) is 5. The summed E-state index contributed by atoms with van der Waals surface area (Å²) in [6.07, 6.45) is 0. The third-order valence-electron chi connectivity index (χ3n) is 3.53. The maximum atomic E-state index is 13.2. The van der Waals surface area contributed by atoms with E-state index in [0.717, 1.165) is 12.1 Å². The van der Waals surface area contributed by atoms with Gasteiger partial charge in [0.25, 0.3) is 11.7 Å². The summed E-state index contributed by atoms with van der Waals surface area (Å²) in [6, 6.07) is 5.11. The number of ketones is 2. The zero-order valence-corrected chi connectivity index (χ0v) is 12.9. The molecule has 0 aromatic heterocycles. The number of benzene rings is 2. The van der Waals surface area contributed by atoms with Crippen molar-refractivity contribution >= 4 is 23.2 Å². The number of amides is 1. The molecule has 6 nitrogen and oxygen atoms in total. The molecule has 25 heavy (non-hydrogen) atoms. The lowest BCUT2D eigenvalue weighted by molar-refractivity contribution is -0.112. The number of hydrogen-bond donors (Lipinski definition) is 1. The molecule has 0 atom stereocenters. The second-order valence-corrected chi connectivity index (χ2v) is 5.22. The lowest BCUT2D eigenvalue weighted by atomic mass is 10.1. The Labute approximate surface area is 140 Å². The number of nitrogens with one attached hydrogen (secondary N) is 1. The molecular formula is C17H11F2NO5. The standard InChI is InChI=1S/C17H11F2NO5/c1-8(21)10-5-14-15(25-7-24-14)6-13(10)20-17(23)16(22)9-2-3-11(18)12(19)4-9/h2-6H,7H2,1H3,(H,20,23). The van der Waals surface area contributed by atoms with Gasteiger partial charge in [-0.25, -0.2) is 8.78 Å². The maximum Gasteiger partial charge on any atom is 0.296 e. The molecule has 2 aromatic rings. The Morgan fingerprint density at radius 2 is 1.68 bits per heavy atom. The third kappa shape index (κ3) is 3.18. The molecule has 3 rings (SSSR count). The van der Waals surface area contributed by atoms with Gasteiger partial charge in [0.2, 0.25) is 6.79 Å². The van der Waals surface area contributed by atoms with E-state index in [1.165, 1.54) is 19.1 Å². The minimum absolute atomic E-state index is 0.0299. The summed E-state index contributed by atoms with van der Waals surface area (Å²) in [4.78, 5) is 36.0. The Morgan fingerprint density at radius 3 is 2.32 bits per heavy atom. The van der Waals surface area contributed by atoms with Gasteiger partial charge in [-0.05, 0) is 31.2 Å². The zero-order chi connectivity index (χ0) is 18.1. The molecule has 0 saturated heterocycles. The molecule has 128 valence electrons. The van der Waals surface area contributed by atoms with Gasteiger partial charge >= 0.3 is 0 Å². The first-order chi connectivity index (χ1) is 11.9. The van der Waals surface area contributed by atoms with Gasteiger partial charge < -0.3 is 14.8 Å². The first-order valence-electron chi connectivity index (χ1n) is 7.12. The van der Waals surface area contributed by atoms with Gasteiger partial charge in [0.05, 0.1) is 5.69 Å². The minimum atomic E-state index is -1.24. The molecule has 2 aromatic carbocycles. The second-order valence-electron chi connectivity index (χ2n) is 5.22. The fourth-order valence-electron chi connectivity index (χ4n) is 2.28. The fraction of sp³-hybridized carbons (Fsp3) is 0.118. The lowest BCUT2D eigenvalue weighted by Gasteiger charge is -2.10. The van der Waals surface area contributed by atoms with E-state index in [2.05, 4.69) is 5.32 Å². The Morgan fingerprint density at radius 1 is 1.00 bits per heavy atom. The van der Waals surface area contributed by atoms with Crippen molar-refractivity contribution in [1.29, 1.82) is 0 Å². The molecule has 1 N–H and O–H groups in total. The SMILES string of the molecule is CC(=O)c1cc2c(cc1NC(=O)C(=O)c1ccc(F)c(F)c1)OCO2. The van der Waals surface area contributed by atoms with E-state index in [1.54, 1.807) is 0 Å².